The van der Waals surface area contributed by atoms with Crippen molar-refractivity contribution in [3.05, 3.63) is 47.5 Å². The Balaban J connectivity index is 2.63. The Hall–Kier alpha value is -1.81. The molecule has 2 aromatic carbocycles. The van der Waals surface area contributed by atoms with Gasteiger partial charge in [-0.05, 0) is 47.0 Å². The van der Waals surface area contributed by atoms with Gasteiger partial charge in [-0.2, -0.15) is 0 Å². The minimum atomic E-state index is 0.597. The van der Waals surface area contributed by atoms with E-state index in [2.05, 4.69) is 15.9 Å². The number of methoxy groups -OCH3 is 2. The molecule has 104 valence electrons. The summed E-state index contributed by atoms with van der Waals surface area (Å²) in [4.78, 5) is 11.3. The summed E-state index contributed by atoms with van der Waals surface area (Å²) in [5.41, 5.74) is 3.54. The first-order valence-electron chi connectivity index (χ1n) is 6.10. The maximum Gasteiger partial charge on any atom is 0.150 e. The second-order valence-electron chi connectivity index (χ2n) is 4.23. The van der Waals surface area contributed by atoms with E-state index in [1.54, 1.807) is 20.3 Å². The van der Waals surface area contributed by atoms with Crippen LogP contribution in [0.1, 0.15) is 15.9 Å². The molecule has 0 unspecified atom stereocenters. The number of hydrogen-bond donors (Lipinski definition) is 0. The first-order chi connectivity index (χ1) is 9.73. The van der Waals surface area contributed by atoms with Crippen molar-refractivity contribution in [1.29, 1.82) is 0 Å². The molecule has 0 radical (unpaired) electrons. The molecule has 0 heterocycles. The molecule has 0 spiro atoms. The van der Waals surface area contributed by atoms with Gasteiger partial charge in [0.05, 0.1) is 14.2 Å². The van der Waals surface area contributed by atoms with Crippen molar-refractivity contribution in [3.8, 4) is 22.6 Å². The fourth-order valence-electron chi connectivity index (χ4n) is 2.06. The molecule has 4 heteroatoms. The smallest absolute Gasteiger partial charge is 0.150 e. The van der Waals surface area contributed by atoms with Gasteiger partial charge in [-0.25, -0.2) is 0 Å². The number of carbonyl (C=O) groups is 1. The lowest BCUT2D eigenvalue weighted by atomic mass is 9.96. The molecule has 0 aliphatic rings. The molecule has 0 N–H and O–H groups in total. The van der Waals surface area contributed by atoms with E-state index in [1.165, 1.54) is 0 Å². The summed E-state index contributed by atoms with van der Waals surface area (Å²) in [7, 11) is 3.21. The van der Waals surface area contributed by atoms with E-state index < -0.39 is 0 Å². The Morgan fingerprint density at radius 1 is 1.00 bits per heavy atom. The van der Waals surface area contributed by atoms with Gasteiger partial charge in [-0.3, -0.25) is 4.79 Å². The van der Waals surface area contributed by atoms with Crippen molar-refractivity contribution in [3.63, 3.8) is 0 Å². The molecule has 0 saturated heterocycles. The standard InChI is InChI=1S/C16H15BrO3/c1-19-13-5-6-15(12(7-13)10-18)16-8-14(20-2)4-3-11(16)9-17/h3-8,10H,9H2,1-2H3. The zero-order chi connectivity index (χ0) is 14.5. The Labute approximate surface area is 126 Å². The Morgan fingerprint density at radius 3 is 2.25 bits per heavy atom. The summed E-state index contributed by atoms with van der Waals surface area (Å²) in [6, 6.07) is 11.3. The Kier molecular flexibility index (Phi) is 4.79. The Bertz CT molecular complexity index is 623. The second kappa shape index (κ2) is 6.57. The largest absolute Gasteiger partial charge is 0.497 e. The maximum absolute atomic E-state index is 11.3. The van der Waals surface area contributed by atoms with Gasteiger partial charge < -0.3 is 9.47 Å². The summed E-state index contributed by atoms with van der Waals surface area (Å²) in [6.07, 6.45) is 0.843. The van der Waals surface area contributed by atoms with Gasteiger partial charge in [-0.15, -0.1) is 0 Å². The molecule has 0 bridgehead atoms. The van der Waals surface area contributed by atoms with Crippen molar-refractivity contribution in [2.75, 3.05) is 14.2 Å². The fourth-order valence-corrected chi connectivity index (χ4v) is 2.55. The maximum atomic E-state index is 11.3. The van der Waals surface area contributed by atoms with Crippen molar-refractivity contribution in [2.24, 2.45) is 0 Å². The SMILES string of the molecule is COc1ccc(-c2cc(OC)ccc2CBr)c(C=O)c1. The Morgan fingerprint density at radius 2 is 1.65 bits per heavy atom. The number of alkyl halides is 1. The highest BCUT2D eigenvalue weighted by Gasteiger charge is 2.11. The normalized spacial score (nSPS) is 10.2. The number of hydrogen-bond acceptors (Lipinski definition) is 3. The molecule has 2 rings (SSSR count). The van der Waals surface area contributed by atoms with Crippen molar-refractivity contribution in [2.45, 2.75) is 5.33 Å². The minimum Gasteiger partial charge on any atom is -0.497 e. The molecule has 0 aliphatic heterocycles. The van der Waals surface area contributed by atoms with Crippen LogP contribution in [0.3, 0.4) is 0 Å². The molecule has 3 nitrogen and oxygen atoms in total. The number of halogens is 1. The summed E-state index contributed by atoms with van der Waals surface area (Å²) in [6.45, 7) is 0. The first-order valence-corrected chi connectivity index (χ1v) is 7.22. The molecule has 0 fully saturated rings. The van der Waals surface area contributed by atoms with E-state index >= 15 is 0 Å². The highest BCUT2D eigenvalue weighted by molar-refractivity contribution is 9.08. The molecule has 2 aromatic rings. The molecular weight excluding hydrogens is 320 g/mol. The average molecular weight is 335 g/mol. The molecule has 20 heavy (non-hydrogen) atoms. The van der Waals surface area contributed by atoms with Crippen LogP contribution in [0.2, 0.25) is 0 Å². The molecule has 0 amide bonds. The first kappa shape index (κ1) is 14.6. The predicted molar refractivity (Wildman–Crippen MR) is 83.0 cm³/mol. The molecule has 0 saturated carbocycles. The van der Waals surface area contributed by atoms with Gasteiger partial charge >= 0.3 is 0 Å². The van der Waals surface area contributed by atoms with Gasteiger partial charge in [0.15, 0.2) is 6.29 Å². The van der Waals surface area contributed by atoms with Crippen LogP contribution in [0.25, 0.3) is 11.1 Å². The third-order valence-corrected chi connectivity index (χ3v) is 3.74. The van der Waals surface area contributed by atoms with E-state index in [9.17, 15) is 4.79 Å². The fraction of sp³-hybridized carbons (Fsp3) is 0.188. The van der Waals surface area contributed by atoms with E-state index in [-0.39, 0.29) is 0 Å². The van der Waals surface area contributed by atoms with Crippen LogP contribution in [0.4, 0.5) is 0 Å². The van der Waals surface area contributed by atoms with Crippen LogP contribution >= 0.6 is 15.9 Å². The number of benzene rings is 2. The van der Waals surface area contributed by atoms with Crippen LogP contribution in [0.5, 0.6) is 11.5 Å². The molecule has 0 aliphatic carbocycles. The number of ether oxygens (including phenoxy) is 2. The number of aldehydes is 1. The van der Waals surface area contributed by atoms with Crippen LogP contribution in [-0.2, 0) is 5.33 Å². The summed E-state index contributed by atoms with van der Waals surface area (Å²) < 4.78 is 10.4. The van der Waals surface area contributed by atoms with E-state index in [4.69, 9.17) is 9.47 Å². The third kappa shape index (κ3) is 2.85. The summed E-state index contributed by atoms with van der Waals surface area (Å²) in [5, 5.41) is 0.705. The quantitative estimate of drug-likeness (QED) is 0.610. The predicted octanol–water partition coefficient (Wildman–Crippen LogP) is 4.08. The van der Waals surface area contributed by atoms with Gasteiger partial charge in [-0.1, -0.05) is 22.0 Å². The topological polar surface area (TPSA) is 35.5 Å². The highest BCUT2D eigenvalue weighted by atomic mass is 79.9. The van der Waals surface area contributed by atoms with Gasteiger partial charge in [0.1, 0.15) is 11.5 Å². The van der Waals surface area contributed by atoms with E-state index in [1.807, 2.05) is 30.3 Å². The highest BCUT2D eigenvalue weighted by Crippen LogP contribution is 2.33. The minimum absolute atomic E-state index is 0.597. The lowest BCUT2D eigenvalue weighted by Gasteiger charge is -2.12. The molecule has 0 atom stereocenters. The number of carbonyl (C=O) groups excluding carboxylic acids is 1. The van der Waals surface area contributed by atoms with Crippen molar-refractivity contribution < 1.29 is 14.3 Å². The lowest BCUT2D eigenvalue weighted by Crippen LogP contribution is -1.94. The van der Waals surface area contributed by atoms with Gasteiger partial charge in [0, 0.05) is 10.9 Å². The number of rotatable bonds is 5. The van der Waals surface area contributed by atoms with E-state index in [0.29, 0.717) is 16.6 Å². The zero-order valence-electron chi connectivity index (χ0n) is 11.4. The third-order valence-electron chi connectivity index (χ3n) is 3.14. The zero-order valence-corrected chi connectivity index (χ0v) is 12.9. The average Bonchev–Trinajstić information content (AvgIpc) is 2.53. The van der Waals surface area contributed by atoms with Crippen molar-refractivity contribution in [1.82, 2.24) is 0 Å². The summed E-state index contributed by atoms with van der Waals surface area (Å²) in [5.74, 6) is 1.43. The van der Waals surface area contributed by atoms with Crippen LogP contribution in [0, 0.1) is 0 Å². The van der Waals surface area contributed by atoms with Gasteiger partial charge in [0.2, 0.25) is 0 Å². The van der Waals surface area contributed by atoms with Crippen molar-refractivity contribution >= 4 is 22.2 Å². The summed E-state index contributed by atoms with van der Waals surface area (Å²) >= 11 is 3.47. The lowest BCUT2D eigenvalue weighted by molar-refractivity contribution is 0.112. The monoisotopic (exact) mass is 334 g/mol. The van der Waals surface area contributed by atoms with Gasteiger partial charge in [0.25, 0.3) is 0 Å². The van der Waals surface area contributed by atoms with Crippen LogP contribution < -0.4 is 9.47 Å². The molecule has 0 aromatic heterocycles. The molecular formula is C16H15BrO3. The van der Waals surface area contributed by atoms with Crippen LogP contribution in [-0.4, -0.2) is 20.5 Å². The van der Waals surface area contributed by atoms with Crippen LogP contribution in [0.15, 0.2) is 36.4 Å². The van der Waals surface area contributed by atoms with E-state index in [0.717, 1.165) is 28.7 Å². The second-order valence-corrected chi connectivity index (χ2v) is 4.79.